The lowest BCUT2D eigenvalue weighted by Crippen LogP contribution is -1.97. The zero-order chi connectivity index (χ0) is 13.9. The summed E-state index contributed by atoms with van der Waals surface area (Å²) in [7, 11) is 0. The van der Waals surface area contributed by atoms with Crippen molar-refractivity contribution in [1.82, 2.24) is 4.98 Å². The first-order valence-electron chi connectivity index (χ1n) is 6.08. The van der Waals surface area contributed by atoms with E-state index in [-0.39, 0.29) is 5.56 Å². The van der Waals surface area contributed by atoms with Crippen LogP contribution in [-0.4, -0.2) is 16.1 Å². The van der Waals surface area contributed by atoms with Crippen LogP contribution in [-0.2, 0) is 0 Å². The molecule has 0 spiro atoms. The third-order valence-corrected chi connectivity index (χ3v) is 2.94. The molecule has 3 rings (SSSR count). The SMILES string of the molecule is O=C(O)c1cncc(Oc2cccc3ccccc23)c1. The number of aromatic carboxylic acids is 1. The predicted octanol–water partition coefficient (Wildman–Crippen LogP) is 3.73. The van der Waals surface area contributed by atoms with Crippen LogP contribution >= 0.6 is 0 Å². The summed E-state index contributed by atoms with van der Waals surface area (Å²) in [6.45, 7) is 0. The lowest BCUT2D eigenvalue weighted by atomic mass is 10.1. The molecule has 20 heavy (non-hydrogen) atoms. The standard InChI is InChI=1S/C16H11NO3/c18-16(19)12-8-13(10-17-9-12)20-15-7-3-5-11-4-1-2-6-14(11)15/h1-10H,(H,18,19). The van der Waals surface area contributed by atoms with Gasteiger partial charge >= 0.3 is 5.97 Å². The first-order chi connectivity index (χ1) is 9.74. The third kappa shape index (κ3) is 2.31. The van der Waals surface area contributed by atoms with Gasteiger partial charge in [-0.1, -0.05) is 36.4 Å². The van der Waals surface area contributed by atoms with E-state index in [1.165, 1.54) is 18.5 Å². The van der Waals surface area contributed by atoms with Crippen molar-refractivity contribution < 1.29 is 14.6 Å². The molecule has 1 N–H and O–H groups in total. The van der Waals surface area contributed by atoms with Gasteiger partial charge in [0.2, 0.25) is 0 Å². The van der Waals surface area contributed by atoms with Crippen molar-refractivity contribution in [3.8, 4) is 11.5 Å². The van der Waals surface area contributed by atoms with Crippen molar-refractivity contribution in [2.45, 2.75) is 0 Å². The Kier molecular flexibility index (Phi) is 3.05. The highest BCUT2D eigenvalue weighted by Gasteiger charge is 2.07. The summed E-state index contributed by atoms with van der Waals surface area (Å²) in [5.74, 6) is 0.0505. The molecule has 0 aliphatic heterocycles. The minimum atomic E-state index is -1.03. The average molecular weight is 265 g/mol. The van der Waals surface area contributed by atoms with Crippen molar-refractivity contribution in [3.05, 3.63) is 66.5 Å². The maximum absolute atomic E-state index is 10.9. The van der Waals surface area contributed by atoms with E-state index in [0.717, 1.165) is 10.8 Å². The molecule has 0 saturated heterocycles. The minimum Gasteiger partial charge on any atom is -0.478 e. The summed E-state index contributed by atoms with van der Waals surface area (Å²) in [5, 5.41) is 11.0. The number of nitrogens with zero attached hydrogens (tertiary/aromatic N) is 1. The summed E-state index contributed by atoms with van der Waals surface area (Å²) in [6, 6.07) is 15.0. The van der Waals surface area contributed by atoms with E-state index < -0.39 is 5.97 Å². The Balaban J connectivity index is 2.01. The molecule has 4 nitrogen and oxygen atoms in total. The number of fused-ring (bicyclic) bond motifs is 1. The van der Waals surface area contributed by atoms with E-state index in [4.69, 9.17) is 9.84 Å². The summed E-state index contributed by atoms with van der Waals surface area (Å²) < 4.78 is 5.76. The van der Waals surface area contributed by atoms with Crippen molar-refractivity contribution in [3.63, 3.8) is 0 Å². The zero-order valence-electron chi connectivity index (χ0n) is 10.5. The van der Waals surface area contributed by atoms with E-state index in [0.29, 0.717) is 11.5 Å². The lowest BCUT2D eigenvalue weighted by molar-refractivity contribution is 0.0696. The number of hydrogen-bond acceptors (Lipinski definition) is 3. The van der Waals surface area contributed by atoms with Gasteiger partial charge in [0.15, 0.2) is 0 Å². The second-order valence-corrected chi connectivity index (χ2v) is 4.29. The number of benzene rings is 2. The van der Waals surface area contributed by atoms with Crippen LogP contribution in [0.25, 0.3) is 10.8 Å². The molecule has 0 fully saturated rings. The van der Waals surface area contributed by atoms with Crippen LogP contribution in [0.15, 0.2) is 60.9 Å². The quantitative estimate of drug-likeness (QED) is 0.784. The fourth-order valence-electron chi connectivity index (χ4n) is 2.00. The van der Waals surface area contributed by atoms with Crippen molar-refractivity contribution in [1.29, 1.82) is 0 Å². The lowest BCUT2D eigenvalue weighted by Gasteiger charge is -2.08. The number of ether oxygens (including phenoxy) is 1. The van der Waals surface area contributed by atoms with E-state index >= 15 is 0 Å². The highest BCUT2D eigenvalue weighted by atomic mass is 16.5. The fraction of sp³-hybridized carbons (Fsp3) is 0. The first kappa shape index (κ1) is 12.2. The molecular formula is C16H11NO3. The Morgan fingerprint density at radius 3 is 2.70 bits per heavy atom. The molecule has 0 aliphatic carbocycles. The molecule has 3 aromatic rings. The van der Waals surface area contributed by atoms with Gasteiger partial charge in [-0.25, -0.2) is 4.79 Å². The second kappa shape index (κ2) is 5.01. The maximum atomic E-state index is 10.9. The molecule has 0 bridgehead atoms. The van der Waals surface area contributed by atoms with Gasteiger partial charge in [0.25, 0.3) is 0 Å². The molecule has 0 radical (unpaired) electrons. The molecule has 0 saturated carbocycles. The molecule has 0 unspecified atom stereocenters. The van der Waals surface area contributed by atoms with Crippen LogP contribution in [0.4, 0.5) is 0 Å². The molecule has 0 amide bonds. The third-order valence-electron chi connectivity index (χ3n) is 2.94. The van der Waals surface area contributed by atoms with Gasteiger partial charge in [-0.05, 0) is 17.5 Å². The molecular weight excluding hydrogens is 254 g/mol. The fourth-order valence-corrected chi connectivity index (χ4v) is 2.00. The maximum Gasteiger partial charge on any atom is 0.337 e. The normalized spacial score (nSPS) is 10.4. The van der Waals surface area contributed by atoms with Crippen molar-refractivity contribution in [2.75, 3.05) is 0 Å². The molecule has 98 valence electrons. The van der Waals surface area contributed by atoms with Gasteiger partial charge in [-0.3, -0.25) is 4.98 Å². The smallest absolute Gasteiger partial charge is 0.337 e. The highest BCUT2D eigenvalue weighted by molar-refractivity contribution is 5.89. The highest BCUT2D eigenvalue weighted by Crippen LogP contribution is 2.29. The number of hydrogen-bond donors (Lipinski definition) is 1. The van der Waals surface area contributed by atoms with Crippen molar-refractivity contribution in [2.24, 2.45) is 0 Å². The van der Waals surface area contributed by atoms with E-state index in [9.17, 15) is 4.79 Å². The van der Waals surface area contributed by atoms with E-state index in [1.54, 1.807) is 0 Å². The summed E-state index contributed by atoms with van der Waals surface area (Å²) in [6.07, 6.45) is 2.78. The second-order valence-electron chi connectivity index (χ2n) is 4.29. The Bertz CT molecular complexity index is 778. The molecule has 1 aromatic heterocycles. The number of carboxylic acids is 1. The first-order valence-corrected chi connectivity index (χ1v) is 6.08. The summed E-state index contributed by atoms with van der Waals surface area (Å²) in [4.78, 5) is 14.8. The van der Waals surface area contributed by atoms with Crippen LogP contribution in [0.1, 0.15) is 10.4 Å². The average Bonchev–Trinajstić information content (AvgIpc) is 2.48. The zero-order valence-corrected chi connectivity index (χ0v) is 10.5. The molecule has 0 aliphatic rings. The van der Waals surface area contributed by atoms with E-state index in [2.05, 4.69) is 4.98 Å². The molecule has 4 heteroatoms. The monoisotopic (exact) mass is 265 g/mol. The van der Waals surface area contributed by atoms with Gasteiger partial charge in [-0.15, -0.1) is 0 Å². The number of aromatic nitrogens is 1. The summed E-state index contributed by atoms with van der Waals surface area (Å²) in [5.41, 5.74) is 0.0998. The van der Waals surface area contributed by atoms with Gasteiger partial charge < -0.3 is 9.84 Å². The Hall–Kier alpha value is -2.88. The van der Waals surface area contributed by atoms with Crippen LogP contribution in [0.3, 0.4) is 0 Å². The van der Waals surface area contributed by atoms with E-state index in [1.807, 2.05) is 42.5 Å². The van der Waals surface area contributed by atoms with Crippen LogP contribution < -0.4 is 4.74 Å². The largest absolute Gasteiger partial charge is 0.478 e. The molecule has 1 heterocycles. The Labute approximate surface area is 115 Å². The van der Waals surface area contributed by atoms with Crippen LogP contribution in [0.2, 0.25) is 0 Å². The van der Waals surface area contributed by atoms with Gasteiger partial charge in [0.1, 0.15) is 11.5 Å². The van der Waals surface area contributed by atoms with Crippen LogP contribution in [0.5, 0.6) is 11.5 Å². The van der Waals surface area contributed by atoms with Crippen LogP contribution in [0, 0.1) is 0 Å². The van der Waals surface area contributed by atoms with Crippen molar-refractivity contribution >= 4 is 16.7 Å². The predicted molar refractivity (Wildman–Crippen MR) is 75.2 cm³/mol. The number of rotatable bonds is 3. The number of carboxylic acid groups (broad SMARTS) is 1. The summed E-state index contributed by atoms with van der Waals surface area (Å²) >= 11 is 0. The molecule has 0 atom stereocenters. The van der Waals surface area contributed by atoms with Gasteiger partial charge in [0, 0.05) is 11.6 Å². The molecule has 2 aromatic carbocycles. The number of pyridine rings is 1. The van der Waals surface area contributed by atoms with Gasteiger partial charge in [-0.2, -0.15) is 0 Å². The number of carbonyl (C=O) groups is 1. The topological polar surface area (TPSA) is 59.4 Å². The van der Waals surface area contributed by atoms with Gasteiger partial charge in [0.05, 0.1) is 11.8 Å². The minimum absolute atomic E-state index is 0.0998. The Morgan fingerprint density at radius 2 is 1.85 bits per heavy atom. The Morgan fingerprint density at radius 1 is 1.05 bits per heavy atom.